The summed E-state index contributed by atoms with van der Waals surface area (Å²) in [6.45, 7) is 3.72. The number of rotatable bonds is 4. The monoisotopic (exact) mass is 200 g/mol. The molecule has 14 heavy (non-hydrogen) atoms. The lowest BCUT2D eigenvalue weighted by Crippen LogP contribution is -2.31. The van der Waals surface area contributed by atoms with Crippen molar-refractivity contribution in [3.63, 3.8) is 0 Å². The Balaban J connectivity index is 2.57. The van der Waals surface area contributed by atoms with Crippen molar-refractivity contribution in [3.05, 3.63) is 0 Å². The van der Waals surface area contributed by atoms with Crippen molar-refractivity contribution in [2.45, 2.75) is 71.0 Å². The first-order valence-corrected chi connectivity index (χ1v) is 5.90. The van der Waals surface area contributed by atoms with Gasteiger partial charge in [0, 0.05) is 0 Å². The highest BCUT2D eigenvalue weighted by Gasteiger charge is 2.33. The lowest BCUT2D eigenvalue weighted by molar-refractivity contribution is 0.0335. The Kier molecular flexibility index (Phi) is 4.39. The molecule has 1 rings (SSSR count). The summed E-state index contributed by atoms with van der Waals surface area (Å²) in [5.41, 5.74) is 0.223. The number of hydrogen-bond acceptors (Lipinski definition) is 2. The van der Waals surface area contributed by atoms with Crippen LogP contribution in [0.1, 0.15) is 58.8 Å². The summed E-state index contributed by atoms with van der Waals surface area (Å²) in [5.74, 6) is 0. The lowest BCUT2D eigenvalue weighted by Gasteiger charge is -2.39. The second kappa shape index (κ2) is 5.13. The molecule has 0 aromatic carbocycles. The molecule has 1 fully saturated rings. The summed E-state index contributed by atoms with van der Waals surface area (Å²) >= 11 is 0. The number of hydrogen-bond donors (Lipinski definition) is 2. The van der Waals surface area contributed by atoms with Crippen molar-refractivity contribution in [1.82, 2.24) is 0 Å². The van der Waals surface area contributed by atoms with Crippen LogP contribution in [-0.2, 0) is 0 Å². The smallest absolute Gasteiger partial charge is 0.0517 e. The van der Waals surface area contributed by atoms with Crippen LogP contribution in [0.2, 0.25) is 0 Å². The van der Waals surface area contributed by atoms with E-state index in [0.717, 1.165) is 12.8 Å². The van der Waals surface area contributed by atoms with Crippen molar-refractivity contribution in [2.24, 2.45) is 5.41 Å². The van der Waals surface area contributed by atoms with Gasteiger partial charge in [-0.1, -0.05) is 19.3 Å². The molecule has 0 aromatic heterocycles. The summed E-state index contributed by atoms with van der Waals surface area (Å²) in [6, 6.07) is 0. The summed E-state index contributed by atoms with van der Waals surface area (Å²) in [7, 11) is 0. The first-order chi connectivity index (χ1) is 6.54. The third-order valence-corrected chi connectivity index (χ3v) is 3.37. The molecule has 0 amide bonds. The average molecular weight is 200 g/mol. The van der Waals surface area contributed by atoms with E-state index < -0.39 is 0 Å². The molecule has 0 aromatic rings. The molecule has 2 heteroatoms. The summed E-state index contributed by atoms with van der Waals surface area (Å²) in [5, 5.41) is 19.0. The molecule has 2 nitrogen and oxygen atoms in total. The molecule has 0 bridgehead atoms. The van der Waals surface area contributed by atoms with Gasteiger partial charge < -0.3 is 10.2 Å². The minimum absolute atomic E-state index is 0.223. The summed E-state index contributed by atoms with van der Waals surface area (Å²) in [6.07, 6.45) is 7.47. The molecular formula is C12H24O2. The SMILES string of the molecule is CC(O)CC1(CC(C)O)CCCCC1. The molecular weight excluding hydrogens is 176 g/mol. The van der Waals surface area contributed by atoms with Gasteiger partial charge >= 0.3 is 0 Å². The summed E-state index contributed by atoms with van der Waals surface area (Å²) < 4.78 is 0. The van der Waals surface area contributed by atoms with Gasteiger partial charge in [-0.3, -0.25) is 0 Å². The minimum Gasteiger partial charge on any atom is -0.393 e. The molecule has 0 heterocycles. The first-order valence-electron chi connectivity index (χ1n) is 5.90. The fourth-order valence-corrected chi connectivity index (χ4v) is 3.05. The fraction of sp³-hybridized carbons (Fsp3) is 1.00. The fourth-order valence-electron chi connectivity index (χ4n) is 3.05. The van der Waals surface area contributed by atoms with E-state index in [1.54, 1.807) is 0 Å². The van der Waals surface area contributed by atoms with Gasteiger partial charge in [0.05, 0.1) is 12.2 Å². The number of aliphatic hydroxyl groups excluding tert-OH is 2. The van der Waals surface area contributed by atoms with E-state index in [4.69, 9.17) is 0 Å². The molecule has 0 spiro atoms. The predicted molar refractivity (Wildman–Crippen MR) is 58.1 cm³/mol. The van der Waals surface area contributed by atoms with Gasteiger partial charge in [-0.2, -0.15) is 0 Å². The molecule has 0 radical (unpaired) electrons. The van der Waals surface area contributed by atoms with Gasteiger partial charge in [0.15, 0.2) is 0 Å². The molecule has 0 aliphatic heterocycles. The molecule has 2 N–H and O–H groups in total. The van der Waals surface area contributed by atoms with Gasteiger partial charge in [-0.15, -0.1) is 0 Å². The molecule has 84 valence electrons. The van der Waals surface area contributed by atoms with Crippen LogP contribution in [0, 0.1) is 5.41 Å². The molecule has 0 saturated heterocycles. The lowest BCUT2D eigenvalue weighted by atomic mass is 9.68. The zero-order valence-corrected chi connectivity index (χ0v) is 9.50. The second-order valence-electron chi connectivity index (χ2n) is 5.17. The predicted octanol–water partition coefficient (Wildman–Crippen LogP) is 2.48. The Hall–Kier alpha value is -0.0800. The van der Waals surface area contributed by atoms with Gasteiger partial charge in [0.1, 0.15) is 0 Å². The molecule has 1 aliphatic carbocycles. The van der Waals surface area contributed by atoms with Crippen LogP contribution < -0.4 is 0 Å². The standard InChI is InChI=1S/C12H24O2/c1-10(13)8-12(9-11(2)14)6-4-3-5-7-12/h10-11,13-14H,3-9H2,1-2H3. The maximum absolute atomic E-state index is 9.50. The van der Waals surface area contributed by atoms with Crippen molar-refractivity contribution >= 4 is 0 Å². The van der Waals surface area contributed by atoms with Crippen molar-refractivity contribution < 1.29 is 10.2 Å². The van der Waals surface area contributed by atoms with Gasteiger partial charge in [0.2, 0.25) is 0 Å². The van der Waals surface area contributed by atoms with Crippen LogP contribution in [0.15, 0.2) is 0 Å². The second-order valence-corrected chi connectivity index (χ2v) is 5.17. The zero-order valence-electron chi connectivity index (χ0n) is 9.50. The summed E-state index contributed by atoms with van der Waals surface area (Å²) in [4.78, 5) is 0. The van der Waals surface area contributed by atoms with E-state index >= 15 is 0 Å². The maximum atomic E-state index is 9.50. The van der Waals surface area contributed by atoms with Crippen LogP contribution in [0.5, 0.6) is 0 Å². The third kappa shape index (κ3) is 3.58. The first kappa shape index (κ1) is 12.0. The highest BCUT2D eigenvalue weighted by Crippen LogP contribution is 2.43. The minimum atomic E-state index is -0.230. The Morgan fingerprint density at radius 3 is 1.71 bits per heavy atom. The normalized spacial score (nSPS) is 25.7. The largest absolute Gasteiger partial charge is 0.393 e. The molecule has 1 aliphatic rings. The van der Waals surface area contributed by atoms with Crippen LogP contribution in [0.4, 0.5) is 0 Å². The van der Waals surface area contributed by atoms with Gasteiger partial charge in [-0.05, 0) is 44.9 Å². The van der Waals surface area contributed by atoms with Crippen LogP contribution in [0.25, 0.3) is 0 Å². The van der Waals surface area contributed by atoms with Gasteiger partial charge in [0.25, 0.3) is 0 Å². The zero-order chi connectivity index (χ0) is 10.6. The third-order valence-electron chi connectivity index (χ3n) is 3.37. The van der Waals surface area contributed by atoms with Crippen molar-refractivity contribution in [2.75, 3.05) is 0 Å². The van der Waals surface area contributed by atoms with E-state index in [2.05, 4.69) is 0 Å². The quantitative estimate of drug-likeness (QED) is 0.732. The van der Waals surface area contributed by atoms with Crippen LogP contribution in [0.3, 0.4) is 0 Å². The Morgan fingerprint density at radius 1 is 0.929 bits per heavy atom. The Morgan fingerprint density at radius 2 is 1.36 bits per heavy atom. The number of aliphatic hydroxyl groups is 2. The Bertz CT molecular complexity index is 146. The van der Waals surface area contributed by atoms with Crippen molar-refractivity contribution in [3.8, 4) is 0 Å². The van der Waals surface area contributed by atoms with Crippen LogP contribution in [-0.4, -0.2) is 22.4 Å². The maximum Gasteiger partial charge on any atom is 0.0517 e. The van der Waals surface area contributed by atoms with E-state index in [1.165, 1.54) is 32.1 Å². The highest BCUT2D eigenvalue weighted by molar-refractivity contribution is 4.85. The van der Waals surface area contributed by atoms with E-state index in [9.17, 15) is 10.2 Å². The van der Waals surface area contributed by atoms with E-state index in [-0.39, 0.29) is 17.6 Å². The highest BCUT2D eigenvalue weighted by atomic mass is 16.3. The molecule has 1 saturated carbocycles. The van der Waals surface area contributed by atoms with E-state index in [0.29, 0.717) is 0 Å². The van der Waals surface area contributed by atoms with Crippen LogP contribution >= 0.6 is 0 Å². The van der Waals surface area contributed by atoms with E-state index in [1.807, 2.05) is 13.8 Å². The van der Waals surface area contributed by atoms with Gasteiger partial charge in [-0.25, -0.2) is 0 Å². The topological polar surface area (TPSA) is 40.5 Å². The van der Waals surface area contributed by atoms with Crippen molar-refractivity contribution in [1.29, 1.82) is 0 Å². The Labute approximate surface area is 87.3 Å². The molecule has 2 unspecified atom stereocenters. The average Bonchev–Trinajstić information content (AvgIpc) is 2.01. The molecule has 2 atom stereocenters.